The number of piperidine rings is 1. The minimum absolute atomic E-state index is 0.0130. The highest BCUT2D eigenvalue weighted by molar-refractivity contribution is 6.36. The monoisotopic (exact) mass is 605 g/mol. The van der Waals surface area contributed by atoms with Gasteiger partial charge < -0.3 is 21.0 Å². The number of anilines is 2. The second-order valence-electron chi connectivity index (χ2n) is 12.6. The number of nitrogens with zero attached hydrogens (tertiary/aromatic N) is 4. The summed E-state index contributed by atoms with van der Waals surface area (Å²) in [6, 6.07) is 12.9. The summed E-state index contributed by atoms with van der Waals surface area (Å²) in [7, 11) is 0. The van der Waals surface area contributed by atoms with Crippen molar-refractivity contribution in [2.45, 2.75) is 64.6 Å². The molecule has 2 aliphatic heterocycles. The normalized spacial score (nSPS) is 20.0. The van der Waals surface area contributed by atoms with E-state index in [1.54, 1.807) is 24.4 Å². The number of pyridine rings is 1. The lowest BCUT2D eigenvalue weighted by Gasteiger charge is -2.36. The van der Waals surface area contributed by atoms with E-state index in [-0.39, 0.29) is 5.41 Å². The van der Waals surface area contributed by atoms with E-state index in [0.29, 0.717) is 61.7 Å². The number of hydrogen-bond donors (Lipinski definition) is 4. The average Bonchev–Trinajstić information content (AvgIpc) is 3.71. The van der Waals surface area contributed by atoms with E-state index in [0.717, 1.165) is 32.0 Å². The molecule has 0 spiro atoms. The fourth-order valence-electron chi connectivity index (χ4n) is 5.64. The van der Waals surface area contributed by atoms with Gasteiger partial charge in [-0.1, -0.05) is 56.1 Å². The van der Waals surface area contributed by atoms with Gasteiger partial charge in [0.05, 0.1) is 34.9 Å². The Labute approximate surface area is 259 Å². The van der Waals surface area contributed by atoms with E-state index in [4.69, 9.17) is 23.2 Å². The van der Waals surface area contributed by atoms with Crippen LogP contribution in [0.4, 0.5) is 11.4 Å². The van der Waals surface area contributed by atoms with Crippen LogP contribution in [0, 0.1) is 16.7 Å². The van der Waals surface area contributed by atoms with Gasteiger partial charge in [-0.2, -0.15) is 5.26 Å². The van der Waals surface area contributed by atoms with Crippen LogP contribution >= 0.6 is 23.2 Å². The van der Waals surface area contributed by atoms with Crippen molar-refractivity contribution in [2.75, 3.05) is 30.3 Å². The Morgan fingerprint density at radius 2 is 1.86 bits per heavy atom. The summed E-state index contributed by atoms with van der Waals surface area (Å²) in [5.74, 6) is 0. The van der Waals surface area contributed by atoms with Crippen LogP contribution in [0.15, 0.2) is 54.5 Å². The van der Waals surface area contributed by atoms with Gasteiger partial charge in [0.25, 0.3) is 0 Å². The minimum atomic E-state index is -1.42. The van der Waals surface area contributed by atoms with Crippen molar-refractivity contribution < 1.29 is 1.37 Å². The Bertz CT molecular complexity index is 1570. The molecule has 2 aromatic carbocycles. The van der Waals surface area contributed by atoms with Crippen molar-refractivity contribution in [1.29, 1.82) is 5.26 Å². The second-order valence-corrected chi connectivity index (χ2v) is 13.5. The zero-order valence-electron chi connectivity index (χ0n) is 25.3. The highest BCUT2D eigenvalue weighted by Gasteiger charge is 2.34. The Hall–Kier alpha value is -3.22. The predicted octanol–water partition coefficient (Wildman–Crippen LogP) is 6.82. The third kappa shape index (κ3) is 6.40. The number of fused-ring (bicyclic) bond motifs is 1. The molecule has 1 saturated heterocycles. The Kier molecular flexibility index (Phi) is 7.76. The van der Waals surface area contributed by atoms with Gasteiger partial charge in [-0.05, 0) is 60.9 Å². The molecule has 0 amide bonds. The van der Waals surface area contributed by atoms with Crippen LogP contribution in [0.5, 0.6) is 0 Å². The third-order valence-electron chi connectivity index (χ3n) is 8.06. The first kappa shape index (κ1) is 27.6. The third-order valence-corrected chi connectivity index (χ3v) is 8.60. The molecule has 1 aromatic heterocycles. The van der Waals surface area contributed by atoms with Gasteiger partial charge in [0, 0.05) is 60.2 Å². The minimum Gasteiger partial charge on any atom is -0.383 e. The molecular weight excluding hydrogens is 567 g/mol. The Morgan fingerprint density at radius 3 is 2.52 bits per heavy atom. The molecule has 0 bridgehead atoms. The molecule has 1 aliphatic carbocycles. The molecule has 8 nitrogen and oxygen atoms in total. The lowest BCUT2D eigenvalue weighted by atomic mass is 9.96. The van der Waals surface area contributed by atoms with Crippen LogP contribution < -0.4 is 21.6 Å². The van der Waals surface area contributed by atoms with Crippen LogP contribution in [-0.2, 0) is 0 Å². The maximum absolute atomic E-state index is 9.87. The number of nitrogens with one attached hydrogen (secondary N) is 4. The van der Waals surface area contributed by atoms with E-state index in [1.165, 1.54) is 12.8 Å². The van der Waals surface area contributed by atoms with Gasteiger partial charge in [-0.3, -0.25) is 9.99 Å². The summed E-state index contributed by atoms with van der Waals surface area (Å²) >= 11 is 13.0. The lowest BCUT2D eigenvalue weighted by Crippen LogP contribution is -2.49. The molecule has 1 atom stereocenters. The highest BCUT2D eigenvalue weighted by atomic mass is 35.5. The molecule has 42 heavy (non-hydrogen) atoms. The quantitative estimate of drug-likeness (QED) is 0.222. The molecule has 0 unspecified atom stereocenters. The van der Waals surface area contributed by atoms with E-state index in [9.17, 15) is 6.63 Å². The van der Waals surface area contributed by atoms with Gasteiger partial charge >= 0.3 is 0 Å². The van der Waals surface area contributed by atoms with Gasteiger partial charge in [0.15, 0.2) is 0 Å². The van der Waals surface area contributed by atoms with Crippen LogP contribution in [0.3, 0.4) is 0 Å². The predicted molar refractivity (Wildman–Crippen MR) is 171 cm³/mol. The van der Waals surface area contributed by atoms with Crippen molar-refractivity contribution >= 4 is 45.5 Å². The molecule has 2 fully saturated rings. The van der Waals surface area contributed by atoms with Crippen molar-refractivity contribution in [3.63, 3.8) is 0 Å². The van der Waals surface area contributed by atoms with E-state index in [2.05, 4.69) is 63.3 Å². The SMILES string of the molecule is [2H][C@](Nc1cc(Cl)c2ncc(C#N)c(NCC(C)(C)C)c2c1)(C1=CN(C2CCN(C3CC3)CC2)NN1)c1ccc(Cl)cc1. The Morgan fingerprint density at radius 1 is 1.12 bits per heavy atom. The maximum Gasteiger partial charge on any atom is 0.103 e. The molecule has 10 heteroatoms. The summed E-state index contributed by atoms with van der Waals surface area (Å²) in [5, 5.41) is 20.6. The van der Waals surface area contributed by atoms with Gasteiger partial charge in [-0.15, -0.1) is 5.53 Å². The van der Waals surface area contributed by atoms with Crippen molar-refractivity contribution in [3.05, 3.63) is 75.7 Å². The molecular formula is C32H38Cl2N8. The van der Waals surface area contributed by atoms with E-state index >= 15 is 0 Å². The molecule has 6 rings (SSSR count). The van der Waals surface area contributed by atoms with Gasteiger partial charge in [-0.25, -0.2) is 0 Å². The highest BCUT2D eigenvalue weighted by Crippen LogP contribution is 2.37. The molecule has 3 aliphatic rings. The van der Waals surface area contributed by atoms with Crippen LogP contribution in [0.1, 0.15) is 65.0 Å². The number of halogens is 2. The van der Waals surface area contributed by atoms with Crippen LogP contribution in [0.25, 0.3) is 10.9 Å². The number of hydrazine groups is 2. The number of nitriles is 1. The lowest BCUT2D eigenvalue weighted by molar-refractivity contribution is 0.105. The van der Waals surface area contributed by atoms with Gasteiger partial charge in [0.1, 0.15) is 6.07 Å². The van der Waals surface area contributed by atoms with Crippen molar-refractivity contribution in [1.82, 2.24) is 25.9 Å². The number of aromatic nitrogens is 1. The first-order valence-corrected chi connectivity index (χ1v) is 15.4. The van der Waals surface area contributed by atoms with Gasteiger partial charge in [0.2, 0.25) is 0 Å². The number of rotatable bonds is 8. The molecule has 3 heterocycles. The summed E-state index contributed by atoms with van der Waals surface area (Å²) in [5.41, 5.74) is 10.3. The summed E-state index contributed by atoms with van der Waals surface area (Å²) < 4.78 is 9.85. The fraction of sp³-hybridized carbons (Fsp3) is 0.438. The smallest absolute Gasteiger partial charge is 0.103 e. The topological polar surface area (TPSA) is 91.3 Å². The van der Waals surface area contributed by atoms with E-state index in [1.807, 2.05) is 24.4 Å². The second kappa shape index (κ2) is 11.8. The first-order chi connectivity index (χ1) is 20.5. The number of hydrogen-bond acceptors (Lipinski definition) is 8. The molecule has 220 valence electrons. The summed E-state index contributed by atoms with van der Waals surface area (Å²) in [6.07, 6.45) is 8.33. The molecule has 1 saturated carbocycles. The molecule has 0 radical (unpaired) electrons. The standard InChI is InChI=1S/C32H38Cl2N8/c1-32(2,3)19-37-29-21(16-35)17-36-31-26(29)14-23(15-27(31)34)38-30(20-4-6-22(33)7-5-20)28-18-42(40-39-28)25-10-12-41(13-11-25)24-8-9-24/h4-7,14-15,17-18,24-25,30,38-40H,8-13,19H2,1-3H3,(H,36,37)/t30-/m1/s1/i30D. The van der Waals surface area contributed by atoms with Crippen molar-refractivity contribution in [3.8, 4) is 6.07 Å². The summed E-state index contributed by atoms with van der Waals surface area (Å²) in [6.45, 7) is 9.24. The zero-order chi connectivity index (χ0) is 30.4. The summed E-state index contributed by atoms with van der Waals surface area (Å²) in [4.78, 5) is 7.10. The Balaban J connectivity index is 1.35. The zero-order valence-corrected chi connectivity index (χ0v) is 25.8. The van der Waals surface area contributed by atoms with Crippen LogP contribution in [-0.4, -0.2) is 46.6 Å². The number of likely N-dealkylation sites (tertiary alicyclic amines) is 1. The van der Waals surface area contributed by atoms with Crippen molar-refractivity contribution in [2.24, 2.45) is 5.41 Å². The maximum atomic E-state index is 9.87. The van der Waals surface area contributed by atoms with Crippen LogP contribution in [0.2, 0.25) is 10.0 Å². The average molecular weight is 607 g/mol. The largest absolute Gasteiger partial charge is 0.383 e. The first-order valence-electron chi connectivity index (χ1n) is 15.1. The number of benzene rings is 2. The molecule has 3 aromatic rings. The fourth-order valence-corrected chi connectivity index (χ4v) is 6.03. The van der Waals surface area contributed by atoms with E-state index < -0.39 is 6.02 Å². The molecule has 4 N–H and O–H groups in total.